The molecule has 2 amide bonds. The minimum Gasteiger partial charge on any atom is -0.352 e. The van der Waals surface area contributed by atoms with Crippen LogP contribution in [0, 0.1) is 5.92 Å². The van der Waals surface area contributed by atoms with Gasteiger partial charge in [0.05, 0.1) is 10.7 Å². The van der Waals surface area contributed by atoms with Gasteiger partial charge in [0, 0.05) is 18.0 Å². The van der Waals surface area contributed by atoms with E-state index in [0.717, 1.165) is 32.1 Å². The third-order valence-electron chi connectivity index (χ3n) is 4.80. The number of unbranched alkanes of at least 4 members (excludes halogenated alkanes) is 1. The lowest BCUT2D eigenvalue weighted by molar-refractivity contribution is -0.120. The zero-order valence-electron chi connectivity index (χ0n) is 16.6. The van der Waals surface area contributed by atoms with Crippen molar-refractivity contribution in [1.29, 1.82) is 0 Å². The predicted molar refractivity (Wildman–Crippen MR) is 116 cm³/mol. The molecule has 0 saturated carbocycles. The number of carbonyl (C=O) groups excluding carboxylic acids is 2. The molecule has 0 aliphatic carbocycles. The summed E-state index contributed by atoms with van der Waals surface area (Å²) in [6.07, 6.45) is 4.48. The lowest BCUT2D eigenvalue weighted by atomic mass is 9.98. The van der Waals surface area contributed by atoms with Gasteiger partial charge in [-0.2, -0.15) is 0 Å². The van der Waals surface area contributed by atoms with E-state index in [1.807, 2.05) is 37.3 Å². The van der Waals surface area contributed by atoms with E-state index >= 15 is 0 Å². The Labute approximate surface area is 172 Å². The van der Waals surface area contributed by atoms with Gasteiger partial charge >= 0.3 is 0 Å². The molecular weight excluding hydrogens is 372 g/mol. The Balaban J connectivity index is 1.97. The highest BCUT2D eigenvalue weighted by atomic mass is 35.5. The molecule has 0 radical (unpaired) electrons. The van der Waals surface area contributed by atoms with Crippen molar-refractivity contribution in [2.75, 3.05) is 11.9 Å². The van der Waals surface area contributed by atoms with Crippen LogP contribution in [-0.2, 0) is 11.2 Å². The Kier molecular flexibility index (Phi) is 9.02. The number of hydrogen-bond acceptors (Lipinski definition) is 2. The van der Waals surface area contributed by atoms with Crippen LogP contribution in [0.3, 0.4) is 0 Å². The number of anilines is 1. The van der Waals surface area contributed by atoms with Crippen LogP contribution in [0.2, 0.25) is 5.02 Å². The zero-order chi connectivity index (χ0) is 20.4. The van der Waals surface area contributed by atoms with Crippen LogP contribution in [0.5, 0.6) is 0 Å². The average molecular weight is 401 g/mol. The van der Waals surface area contributed by atoms with Gasteiger partial charge in [-0.1, -0.05) is 68.6 Å². The van der Waals surface area contributed by atoms with Crippen LogP contribution in [0.4, 0.5) is 5.69 Å². The van der Waals surface area contributed by atoms with Crippen molar-refractivity contribution in [2.24, 2.45) is 5.92 Å². The van der Waals surface area contributed by atoms with Gasteiger partial charge in [-0.3, -0.25) is 9.59 Å². The normalized spacial score (nSPS) is 11.7. The minimum atomic E-state index is -0.180. The SMILES string of the molecule is CCCC[C@@H](CC)C(=O)Nc1cc(C(=O)NCCc2ccccc2)ccc1Cl. The van der Waals surface area contributed by atoms with Crippen LogP contribution in [0.25, 0.3) is 0 Å². The maximum atomic E-state index is 12.5. The summed E-state index contributed by atoms with van der Waals surface area (Å²) in [5.41, 5.74) is 2.14. The predicted octanol–water partition coefficient (Wildman–Crippen LogP) is 5.47. The molecule has 0 heterocycles. The van der Waals surface area contributed by atoms with Gasteiger partial charge in [0.2, 0.25) is 5.91 Å². The molecule has 0 fully saturated rings. The number of rotatable bonds is 10. The first-order valence-electron chi connectivity index (χ1n) is 9.97. The van der Waals surface area contributed by atoms with Gasteiger partial charge in [-0.05, 0) is 43.0 Å². The summed E-state index contributed by atoms with van der Waals surface area (Å²) < 4.78 is 0. The maximum Gasteiger partial charge on any atom is 0.251 e. The summed E-state index contributed by atoms with van der Waals surface area (Å²) >= 11 is 6.24. The summed E-state index contributed by atoms with van der Waals surface area (Å²) in [7, 11) is 0. The summed E-state index contributed by atoms with van der Waals surface area (Å²) in [5, 5.41) is 6.24. The van der Waals surface area contributed by atoms with E-state index in [-0.39, 0.29) is 17.7 Å². The Morgan fingerprint density at radius 1 is 1.07 bits per heavy atom. The van der Waals surface area contributed by atoms with Crippen molar-refractivity contribution in [1.82, 2.24) is 5.32 Å². The van der Waals surface area contributed by atoms with Gasteiger partial charge in [-0.15, -0.1) is 0 Å². The second kappa shape index (κ2) is 11.5. The molecule has 28 heavy (non-hydrogen) atoms. The first-order valence-corrected chi connectivity index (χ1v) is 10.4. The Bertz CT molecular complexity index is 777. The van der Waals surface area contributed by atoms with Crippen LogP contribution in [0.15, 0.2) is 48.5 Å². The lowest BCUT2D eigenvalue weighted by Gasteiger charge is -2.16. The third kappa shape index (κ3) is 6.68. The second-order valence-electron chi connectivity index (χ2n) is 6.92. The van der Waals surface area contributed by atoms with Crippen molar-refractivity contribution in [2.45, 2.75) is 46.0 Å². The highest BCUT2D eigenvalue weighted by molar-refractivity contribution is 6.33. The second-order valence-corrected chi connectivity index (χ2v) is 7.33. The summed E-state index contributed by atoms with van der Waals surface area (Å²) in [6.45, 7) is 4.67. The fourth-order valence-corrected chi connectivity index (χ4v) is 3.20. The van der Waals surface area contributed by atoms with E-state index in [4.69, 9.17) is 11.6 Å². The Morgan fingerprint density at radius 3 is 2.50 bits per heavy atom. The molecule has 0 bridgehead atoms. The van der Waals surface area contributed by atoms with Gasteiger partial charge in [0.25, 0.3) is 5.91 Å². The average Bonchev–Trinajstić information content (AvgIpc) is 2.71. The fourth-order valence-electron chi connectivity index (χ4n) is 3.04. The van der Waals surface area contributed by atoms with Crippen LogP contribution in [0.1, 0.15) is 55.5 Å². The van der Waals surface area contributed by atoms with Crippen molar-refractivity contribution >= 4 is 29.1 Å². The number of hydrogen-bond donors (Lipinski definition) is 2. The molecule has 0 aromatic heterocycles. The van der Waals surface area contributed by atoms with Crippen molar-refractivity contribution in [3.8, 4) is 0 Å². The van der Waals surface area contributed by atoms with E-state index in [1.165, 1.54) is 5.56 Å². The highest BCUT2D eigenvalue weighted by Crippen LogP contribution is 2.25. The molecule has 0 aliphatic rings. The van der Waals surface area contributed by atoms with Gasteiger partial charge in [-0.25, -0.2) is 0 Å². The Hall–Kier alpha value is -2.33. The highest BCUT2D eigenvalue weighted by Gasteiger charge is 2.18. The smallest absolute Gasteiger partial charge is 0.251 e. The zero-order valence-corrected chi connectivity index (χ0v) is 17.4. The maximum absolute atomic E-state index is 12.5. The molecule has 1 atom stereocenters. The summed E-state index contributed by atoms with van der Waals surface area (Å²) in [6, 6.07) is 15.0. The lowest BCUT2D eigenvalue weighted by Crippen LogP contribution is -2.26. The molecule has 2 N–H and O–H groups in total. The van der Waals surface area contributed by atoms with Gasteiger partial charge in [0.15, 0.2) is 0 Å². The first-order chi connectivity index (χ1) is 13.5. The molecule has 0 spiro atoms. The number of nitrogens with one attached hydrogen (secondary N) is 2. The Morgan fingerprint density at radius 2 is 1.82 bits per heavy atom. The summed E-state index contributed by atoms with van der Waals surface area (Å²) in [4.78, 5) is 25.0. The van der Waals surface area contributed by atoms with Crippen molar-refractivity contribution in [3.63, 3.8) is 0 Å². The molecule has 2 rings (SSSR count). The molecule has 0 unspecified atom stereocenters. The molecule has 2 aromatic carbocycles. The molecule has 2 aromatic rings. The fraction of sp³-hybridized carbons (Fsp3) is 0.391. The monoisotopic (exact) mass is 400 g/mol. The van der Waals surface area contributed by atoms with Crippen molar-refractivity contribution < 1.29 is 9.59 Å². The van der Waals surface area contributed by atoms with E-state index < -0.39 is 0 Å². The van der Waals surface area contributed by atoms with Crippen LogP contribution in [-0.4, -0.2) is 18.4 Å². The van der Waals surface area contributed by atoms with E-state index in [9.17, 15) is 9.59 Å². The van der Waals surface area contributed by atoms with Crippen LogP contribution >= 0.6 is 11.6 Å². The summed E-state index contributed by atoms with van der Waals surface area (Å²) in [5.74, 6) is -0.264. The van der Waals surface area contributed by atoms with E-state index in [2.05, 4.69) is 17.6 Å². The van der Waals surface area contributed by atoms with Crippen LogP contribution < -0.4 is 10.6 Å². The molecule has 5 heteroatoms. The van der Waals surface area contributed by atoms with Gasteiger partial charge in [0.1, 0.15) is 0 Å². The molecule has 150 valence electrons. The molecule has 0 aliphatic heterocycles. The number of amides is 2. The third-order valence-corrected chi connectivity index (χ3v) is 5.13. The topological polar surface area (TPSA) is 58.2 Å². The standard InChI is InChI=1S/C23H29ClN2O2/c1-3-5-11-18(4-2)23(28)26-21-16-19(12-13-20(21)24)22(27)25-15-14-17-9-7-6-8-10-17/h6-10,12-13,16,18H,3-5,11,14-15H2,1-2H3,(H,25,27)(H,26,28)/t18-/m1/s1. The quantitative estimate of drug-likeness (QED) is 0.555. The molecule has 0 saturated heterocycles. The van der Waals surface area contributed by atoms with E-state index in [1.54, 1.807) is 18.2 Å². The number of halogens is 1. The first kappa shape index (κ1) is 22.0. The van der Waals surface area contributed by atoms with E-state index in [0.29, 0.717) is 22.8 Å². The largest absolute Gasteiger partial charge is 0.352 e. The van der Waals surface area contributed by atoms with Gasteiger partial charge < -0.3 is 10.6 Å². The molecular formula is C23H29ClN2O2. The minimum absolute atomic E-state index is 0.0421. The molecule has 4 nitrogen and oxygen atoms in total. The van der Waals surface area contributed by atoms with Crippen molar-refractivity contribution in [3.05, 3.63) is 64.7 Å². The number of benzene rings is 2. The number of carbonyl (C=O) groups is 2.